The molecular weight excluding hydrogens is 357 g/mol. The second kappa shape index (κ2) is 9.21. The van der Waals surface area contributed by atoms with E-state index in [0.29, 0.717) is 12.1 Å². The van der Waals surface area contributed by atoms with Crippen molar-refractivity contribution in [1.82, 2.24) is 0 Å². The van der Waals surface area contributed by atoms with Gasteiger partial charge in [-0.2, -0.15) is 13.2 Å². The summed E-state index contributed by atoms with van der Waals surface area (Å²) in [5.41, 5.74) is -0.0933. The van der Waals surface area contributed by atoms with Crippen molar-refractivity contribution in [3.8, 4) is 0 Å². The van der Waals surface area contributed by atoms with Crippen LogP contribution in [0, 0.1) is 0 Å². The van der Waals surface area contributed by atoms with Crippen molar-refractivity contribution >= 4 is 23.2 Å². The second-order valence-corrected chi connectivity index (χ2v) is 6.12. The zero-order valence-corrected chi connectivity index (χ0v) is 14.9. The van der Waals surface area contributed by atoms with Crippen LogP contribution in [0.2, 0.25) is 0 Å². The molecule has 0 radical (unpaired) electrons. The first-order valence-electron chi connectivity index (χ1n) is 8.68. The number of carbonyl (C=O) groups excluding carboxylic acids is 2. The number of carbonyl (C=O) groups is 2. The van der Waals surface area contributed by atoms with Crippen molar-refractivity contribution < 1.29 is 22.8 Å². The average molecular weight is 378 g/mol. The van der Waals surface area contributed by atoms with Crippen molar-refractivity contribution in [3.63, 3.8) is 0 Å². The molecule has 0 aliphatic carbocycles. The minimum atomic E-state index is -4.48. The lowest BCUT2D eigenvalue weighted by Crippen LogP contribution is -2.15. The van der Waals surface area contributed by atoms with Crippen LogP contribution in [-0.2, 0) is 11.0 Å². The van der Waals surface area contributed by atoms with Crippen LogP contribution < -0.4 is 10.6 Å². The summed E-state index contributed by atoms with van der Waals surface area (Å²) in [6.45, 7) is 2.05. The summed E-state index contributed by atoms with van der Waals surface area (Å²) in [4.78, 5) is 24.2. The van der Waals surface area contributed by atoms with Gasteiger partial charge in [-0.1, -0.05) is 31.9 Å². The summed E-state index contributed by atoms with van der Waals surface area (Å²) < 4.78 is 38.3. The number of unbranched alkanes of at least 4 members (excludes halogenated alkanes) is 2. The van der Waals surface area contributed by atoms with Crippen molar-refractivity contribution in [2.75, 3.05) is 10.6 Å². The number of alkyl halides is 3. The van der Waals surface area contributed by atoms with Gasteiger partial charge in [0.1, 0.15) is 0 Å². The number of hydrogen-bond donors (Lipinski definition) is 2. The summed E-state index contributed by atoms with van der Waals surface area (Å²) in [7, 11) is 0. The molecule has 0 saturated carbocycles. The van der Waals surface area contributed by atoms with E-state index in [2.05, 4.69) is 10.6 Å². The van der Waals surface area contributed by atoms with Gasteiger partial charge >= 0.3 is 6.18 Å². The lowest BCUT2D eigenvalue weighted by molar-refractivity contribution is -0.137. The van der Waals surface area contributed by atoms with Crippen LogP contribution in [-0.4, -0.2) is 11.8 Å². The van der Waals surface area contributed by atoms with Crippen LogP contribution in [0.5, 0.6) is 0 Å². The smallest absolute Gasteiger partial charge is 0.326 e. The maximum atomic E-state index is 12.8. The zero-order chi connectivity index (χ0) is 19.9. The number of rotatable bonds is 7. The van der Waals surface area contributed by atoms with Gasteiger partial charge in [-0.05, 0) is 42.8 Å². The van der Waals surface area contributed by atoms with Gasteiger partial charge in [0.15, 0.2) is 0 Å². The lowest BCUT2D eigenvalue weighted by atomic mass is 10.1. The van der Waals surface area contributed by atoms with Crippen LogP contribution in [0.25, 0.3) is 0 Å². The molecule has 27 heavy (non-hydrogen) atoms. The summed E-state index contributed by atoms with van der Waals surface area (Å²) >= 11 is 0. The van der Waals surface area contributed by atoms with Crippen LogP contribution in [0.15, 0.2) is 48.5 Å². The minimum absolute atomic E-state index is 0.0452. The molecule has 0 atom stereocenters. The van der Waals surface area contributed by atoms with E-state index in [0.717, 1.165) is 31.4 Å². The molecule has 2 N–H and O–H groups in total. The van der Waals surface area contributed by atoms with E-state index in [-0.39, 0.29) is 17.2 Å². The molecule has 0 spiro atoms. The van der Waals surface area contributed by atoms with Crippen LogP contribution >= 0.6 is 0 Å². The van der Waals surface area contributed by atoms with Gasteiger partial charge in [-0.3, -0.25) is 9.59 Å². The summed E-state index contributed by atoms with van der Waals surface area (Å²) in [6.07, 6.45) is -1.32. The zero-order valence-electron chi connectivity index (χ0n) is 14.9. The van der Waals surface area contributed by atoms with Crippen molar-refractivity contribution in [3.05, 3.63) is 59.7 Å². The van der Waals surface area contributed by atoms with Crippen LogP contribution in [0.4, 0.5) is 24.5 Å². The van der Waals surface area contributed by atoms with Gasteiger partial charge in [-0.15, -0.1) is 0 Å². The highest BCUT2D eigenvalue weighted by atomic mass is 19.4. The number of amides is 2. The molecule has 2 aromatic carbocycles. The number of benzene rings is 2. The Balaban J connectivity index is 2.04. The number of halogens is 3. The summed E-state index contributed by atoms with van der Waals surface area (Å²) in [6, 6.07) is 10.7. The Morgan fingerprint density at radius 2 is 1.59 bits per heavy atom. The lowest BCUT2D eigenvalue weighted by Gasteiger charge is -2.11. The Morgan fingerprint density at radius 1 is 0.926 bits per heavy atom. The molecule has 0 aliphatic heterocycles. The van der Waals surface area contributed by atoms with E-state index < -0.39 is 17.6 Å². The monoisotopic (exact) mass is 378 g/mol. The standard InChI is InChI=1S/C20H21F3N2O2/c1-2-3-4-11-18(26)24-16-9-5-7-14(12-16)19(27)25-17-10-6-8-15(13-17)20(21,22)23/h5-10,12-13H,2-4,11H2,1H3,(H,24,26)(H,25,27). The summed E-state index contributed by atoms with van der Waals surface area (Å²) in [5, 5.41) is 5.16. The molecule has 4 nitrogen and oxygen atoms in total. The molecule has 2 rings (SSSR count). The third-order valence-electron chi connectivity index (χ3n) is 3.86. The Hall–Kier alpha value is -2.83. The fraction of sp³-hybridized carbons (Fsp3) is 0.300. The van der Waals surface area contributed by atoms with Crippen molar-refractivity contribution in [2.24, 2.45) is 0 Å². The Labute approximate surface area is 155 Å². The molecule has 144 valence electrons. The molecule has 0 aromatic heterocycles. The largest absolute Gasteiger partial charge is 0.416 e. The molecule has 0 fully saturated rings. The average Bonchev–Trinajstić information content (AvgIpc) is 2.61. The highest BCUT2D eigenvalue weighted by molar-refractivity contribution is 6.05. The molecule has 7 heteroatoms. The van der Waals surface area contributed by atoms with E-state index in [1.54, 1.807) is 12.1 Å². The Bertz CT molecular complexity index is 804. The first-order chi connectivity index (χ1) is 12.8. The SMILES string of the molecule is CCCCCC(=O)Nc1cccc(C(=O)Nc2cccc(C(F)(F)F)c2)c1. The molecular formula is C20H21F3N2O2. The van der Waals surface area contributed by atoms with Crippen LogP contribution in [0.3, 0.4) is 0 Å². The fourth-order valence-corrected chi connectivity index (χ4v) is 2.47. The third-order valence-corrected chi connectivity index (χ3v) is 3.86. The normalized spacial score (nSPS) is 11.1. The minimum Gasteiger partial charge on any atom is -0.326 e. The maximum Gasteiger partial charge on any atom is 0.416 e. The molecule has 0 bridgehead atoms. The predicted molar refractivity (Wildman–Crippen MR) is 98.6 cm³/mol. The molecule has 0 heterocycles. The van der Waals surface area contributed by atoms with Crippen molar-refractivity contribution in [1.29, 1.82) is 0 Å². The van der Waals surface area contributed by atoms with Gasteiger partial charge in [0, 0.05) is 23.4 Å². The fourth-order valence-electron chi connectivity index (χ4n) is 2.47. The van der Waals surface area contributed by atoms with Gasteiger partial charge in [0.2, 0.25) is 5.91 Å². The second-order valence-electron chi connectivity index (χ2n) is 6.12. The van der Waals surface area contributed by atoms with E-state index in [9.17, 15) is 22.8 Å². The maximum absolute atomic E-state index is 12.8. The van der Waals surface area contributed by atoms with Gasteiger partial charge < -0.3 is 10.6 Å². The molecule has 2 amide bonds. The topological polar surface area (TPSA) is 58.2 Å². The van der Waals surface area contributed by atoms with Crippen LogP contribution in [0.1, 0.15) is 48.5 Å². The van der Waals surface area contributed by atoms with E-state index in [4.69, 9.17) is 0 Å². The molecule has 0 aliphatic rings. The Morgan fingerprint density at radius 3 is 2.26 bits per heavy atom. The first-order valence-corrected chi connectivity index (χ1v) is 8.68. The van der Waals surface area contributed by atoms with E-state index in [1.165, 1.54) is 24.3 Å². The van der Waals surface area contributed by atoms with Crippen molar-refractivity contribution in [2.45, 2.75) is 38.8 Å². The summed E-state index contributed by atoms with van der Waals surface area (Å²) in [5.74, 6) is -0.699. The van der Waals surface area contributed by atoms with Gasteiger partial charge in [-0.25, -0.2) is 0 Å². The number of nitrogens with one attached hydrogen (secondary N) is 2. The van der Waals surface area contributed by atoms with Gasteiger partial charge in [0.25, 0.3) is 5.91 Å². The first kappa shape index (κ1) is 20.5. The van der Waals surface area contributed by atoms with E-state index >= 15 is 0 Å². The quantitative estimate of drug-likeness (QED) is 0.627. The Kier molecular flexibility index (Phi) is 6.98. The highest BCUT2D eigenvalue weighted by Gasteiger charge is 2.30. The third kappa shape index (κ3) is 6.44. The van der Waals surface area contributed by atoms with Gasteiger partial charge in [0.05, 0.1) is 5.56 Å². The molecule has 2 aromatic rings. The molecule has 0 unspecified atom stereocenters. The number of hydrogen-bond acceptors (Lipinski definition) is 2. The predicted octanol–water partition coefficient (Wildman–Crippen LogP) is 5.48. The highest BCUT2D eigenvalue weighted by Crippen LogP contribution is 2.30. The number of anilines is 2. The molecule has 0 saturated heterocycles. The van der Waals surface area contributed by atoms with E-state index in [1.807, 2.05) is 6.92 Å².